The predicted molar refractivity (Wildman–Crippen MR) is 61.2 cm³/mol. The third-order valence-electron chi connectivity index (χ3n) is 1.50. The first-order chi connectivity index (χ1) is 7.47. The quantitative estimate of drug-likeness (QED) is 0.492. The molecular weight excluding hydrogens is 232 g/mol. The molecule has 0 unspecified atom stereocenters. The Hall–Kier alpha value is -1.81. The number of hydrogen-bond acceptors (Lipinski definition) is 4. The van der Waals surface area contributed by atoms with Crippen LogP contribution in [0, 0.1) is 0 Å². The van der Waals surface area contributed by atoms with E-state index in [0.717, 1.165) is 11.1 Å². The molecule has 86 valence electrons. The predicted octanol–water partition coefficient (Wildman–Crippen LogP) is 2.94. The van der Waals surface area contributed by atoms with Crippen LogP contribution in [0.4, 0.5) is 4.79 Å². The molecule has 1 rings (SSSR count). The molecule has 0 aliphatic heterocycles. The molecule has 0 aliphatic rings. The van der Waals surface area contributed by atoms with Crippen LogP contribution < -0.4 is 0 Å². The van der Waals surface area contributed by atoms with Crippen LogP contribution in [-0.2, 0) is 9.53 Å². The van der Waals surface area contributed by atoms with E-state index in [-0.39, 0.29) is 6.47 Å². The largest absolute Gasteiger partial charge is 0.508 e. The van der Waals surface area contributed by atoms with Gasteiger partial charge in [-0.2, -0.15) is 0 Å². The lowest BCUT2D eigenvalue weighted by molar-refractivity contribution is -0.122. The number of carbonyl (C=O) groups is 2. The summed E-state index contributed by atoms with van der Waals surface area (Å²) in [5, 5.41) is 8.91. The number of allylic oxidation sites excluding steroid dienone is 1. The number of hydrogen-bond donors (Lipinski definition) is 1. The van der Waals surface area contributed by atoms with Crippen molar-refractivity contribution in [2.24, 2.45) is 0 Å². The molecule has 4 nitrogen and oxygen atoms in total. The molecule has 0 amide bonds. The van der Waals surface area contributed by atoms with Crippen LogP contribution in [0.1, 0.15) is 12.5 Å². The molecule has 0 radical (unpaired) electrons. The van der Waals surface area contributed by atoms with E-state index in [1.807, 2.05) is 19.1 Å². The minimum Gasteiger partial charge on any atom is -0.508 e. The number of aromatic hydroxyl groups is 1. The molecule has 1 aromatic rings. The third kappa shape index (κ3) is 6.62. The van der Waals surface area contributed by atoms with E-state index in [9.17, 15) is 4.79 Å². The van der Waals surface area contributed by atoms with Gasteiger partial charge >= 0.3 is 11.9 Å². The Labute approximate surface area is 98.1 Å². The zero-order chi connectivity index (χ0) is 12.6. The van der Waals surface area contributed by atoms with Crippen molar-refractivity contribution in [2.75, 3.05) is 0 Å². The molecule has 1 N–H and O–H groups in total. The van der Waals surface area contributed by atoms with Crippen molar-refractivity contribution in [1.82, 2.24) is 0 Å². The number of phenols is 1. The highest BCUT2D eigenvalue weighted by Gasteiger charge is 1.90. The van der Waals surface area contributed by atoms with Gasteiger partial charge in [-0.05, 0) is 24.6 Å². The van der Waals surface area contributed by atoms with E-state index in [4.69, 9.17) is 9.90 Å². The SMILES string of the molecule is C=C(C)c1ccc(O)cc1.O=COC(=O)Cl. The zero-order valence-electron chi connectivity index (χ0n) is 8.64. The van der Waals surface area contributed by atoms with Crippen LogP contribution in [0.2, 0.25) is 0 Å². The fourth-order valence-electron chi connectivity index (χ4n) is 0.784. The third-order valence-corrected chi connectivity index (χ3v) is 1.59. The molecule has 0 saturated heterocycles. The fourth-order valence-corrected chi connectivity index (χ4v) is 0.820. The molecule has 0 saturated carbocycles. The second kappa shape index (κ2) is 7.48. The lowest BCUT2D eigenvalue weighted by Gasteiger charge is -1.97. The standard InChI is InChI=1S/C9H10O.C2HClO3/c1-7(2)8-3-5-9(10)6-4-8;3-2(5)6-1-4/h3-6,10H,1H2,2H3;1H. The zero-order valence-corrected chi connectivity index (χ0v) is 9.40. The maximum Gasteiger partial charge on any atom is 0.411 e. The van der Waals surface area contributed by atoms with Crippen molar-refractivity contribution in [1.29, 1.82) is 0 Å². The molecular formula is C11H11ClO4. The van der Waals surface area contributed by atoms with Crippen molar-refractivity contribution < 1.29 is 19.4 Å². The van der Waals surface area contributed by atoms with E-state index in [1.165, 1.54) is 0 Å². The molecule has 0 spiro atoms. The van der Waals surface area contributed by atoms with Gasteiger partial charge in [0.05, 0.1) is 0 Å². The minimum absolute atomic E-state index is 0.0324. The Morgan fingerprint density at radius 2 is 1.94 bits per heavy atom. The number of ether oxygens (including phenoxy) is 1. The van der Waals surface area contributed by atoms with E-state index in [0.29, 0.717) is 5.75 Å². The first-order valence-electron chi connectivity index (χ1n) is 4.22. The van der Waals surface area contributed by atoms with E-state index in [1.54, 1.807) is 12.1 Å². The summed E-state index contributed by atoms with van der Waals surface area (Å²) in [4.78, 5) is 18.4. The van der Waals surface area contributed by atoms with Gasteiger partial charge in [0.15, 0.2) is 0 Å². The maximum atomic E-state index is 9.36. The van der Waals surface area contributed by atoms with Crippen molar-refractivity contribution in [3.8, 4) is 5.75 Å². The highest BCUT2D eigenvalue weighted by Crippen LogP contribution is 2.14. The second-order valence-electron chi connectivity index (χ2n) is 2.78. The highest BCUT2D eigenvalue weighted by atomic mass is 35.5. The minimum atomic E-state index is -1.11. The molecule has 0 bridgehead atoms. The van der Waals surface area contributed by atoms with Crippen LogP contribution in [0.15, 0.2) is 30.8 Å². The Morgan fingerprint density at radius 3 is 2.19 bits per heavy atom. The van der Waals surface area contributed by atoms with Gasteiger partial charge in [-0.25, -0.2) is 4.79 Å². The molecule has 5 heteroatoms. The topological polar surface area (TPSA) is 63.6 Å². The highest BCUT2D eigenvalue weighted by molar-refractivity contribution is 6.61. The molecule has 0 fully saturated rings. The number of halogens is 1. The van der Waals surface area contributed by atoms with Crippen molar-refractivity contribution >= 4 is 29.1 Å². The summed E-state index contributed by atoms with van der Waals surface area (Å²) in [6.07, 6.45) is 0. The summed E-state index contributed by atoms with van der Waals surface area (Å²) in [5.74, 6) is 0.296. The lowest BCUT2D eigenvalue weighted by atomic mass is 10.1. The number of phenolic OH excluding ortho intramolecular Hbond substituents is 1. The molecule has 0 atom stereocenters. The molecule has 0 aliphatic carbocycles. The Morgan fingerprint density at radius 1 is 1.44 bits per heavy atom. The van der Waals surface area contributed by atoms with Crippen molar-refractivity contribution in [3.63, 3.8) is 0 Å². The van der Waals surface area contributed by atoms with Crippen molar-refractivity contribution in [3.05, 3.63) is 36.4 Å². The van der Waals surface area contributed by atoms with E-state index < -0.39 is 5.43 Å². The molecule has 0 aromatic heterocycles. The van der Waals surface area contributed by atoms with Gasteiger partial charge in [0.25, 0.3) is 0 Å². The summed E-state index contributed by atoms with van der Waals surface area (Å²) in [6, 6.07) is 7.00. The Bertz CT molecular complexity index is 370. The van der Waals surface area contributed by atoms with E-state index >= 15 is 0 Å². The first-order valence-corrected chi connectivity index (χ1v) is 4.60. The van der Waals surface area contributed by atoms with Crippen LogP contribution >= 0.6 is 11.6 Å². The smallest absolute Gasteiger partial charge is 0.411 e. The maximum absolute atomic E-state index is 9.36. The van der Waals surface area contributed by atoms with Crippen LogP contribution in [-0.4, -0.2) is 17.0 Å². The average Bonchev–Trinajstić information content (AvgIpc) is 2.19. The number of carbonyl (C=O) groups excluding carboxylic acids is 2. The Kier molecular flexibility index (Phi) is 6.63. The lowest BCUT2D eigenvalue weighted by Crippen LogP contribution is -1.86. The fraction of sp³-hybridized carbons (Fsp3) is 0.0909. The van der Waals surface area contributed by atoms with Gasteiger partial charge in [-0.15, -0.1) is 0 Å². The molecule has 0 heterocycles. The normalized spacial score (nSPS) is 8.38. The Balaban J connectivity index is 0.000000325. The van der Waals surface area contributed by atoms with Gasteiger partial charge in [-0.3, -0.25) is 4.79 Å². The molecule has 16 heavy (non-hydrogen) atoms. The van der Waals surface area contributed by atoms with Gasteiger partial charge in [-0.1, -0.05) is 24.3 Å². The summed E-state index contributed by atoms with van der Waals surface area (Å²) >= 11 is 4.49. The summed E-state index contributed by atoms with van der Waals surface area (Å²) in [5.41, 5.74) is 0.975. The van der Waals surface area contributed by atoms with Gasteiger partial charge in [0, 0.05) is 11.6 Å². The van der Waals surface area contributed by atoms with Crippen LogP contribution in [0.3, 0.4) is 0 Å². The van der Waals surface area contributed by atoms with Gasteiger partial charge in [0.2, 0.25) is 0 Å². The monoisotopic (exact) mass is 242 g/mol. The second-order valence-corrected chi connectivity index (χ2v) is 3.09. The van der Waals surface area contributed by atoms with Gasteiger partial charge in [0.1, 0.15) is 5.75 Å². The average molecular weight is 243 g/mol. The first kappa shape index (κ1) is 14.2. The number of benzene rings is 1. The number of rotatable bonds is 2. The summed E-state index contributed by atoms with van der Waals surface area (Å²) in [7, 11) is 0. The van der Waals surface area contributed by atoms with E-state index in [2.05, 4.69) is 22.9 Å². The summed E-state index contributed by atoms with van der Waals surface area (Å²) in [6.45, 7) is 5.68. The van der Waals surface area contributed by atoms with Gasteiger partial charge < -0.3 is 9.84 Å². The van der Waals surface area contributed by atoms with Crippen LogP contribution in [0.5, 0.6) is 5.75 Å². The summed E-state index contributed by atoms with van der Waals surface area (Å²) < 4.78 is 3.49. The van der Waals surface area contributed by atoms with Crippen LogP contribution in [0.25, 0.3) is 5.57 Å². The van der Waals surface area contributed by atoms with Crippen molar-refractivity contribution in [2.45, 2.75) is 6.92 Å². The molecule has 1 aromatic carbocycles.